The van der Waals surface area contributed by atoms with Crippen LogP contribution in [0.15, 0.2) is 46.0 Å². The van der Waals surface area contributed by atoms with Crippen molar-refractivity contribution in [2.75, 3.05) is 13.7 Å². The van der Waals surface area contributed by atoms with Gasteiger partial charge >= 0.3 is 5.69 Å². The average Bonchev–Trinajstić information content (AvgIpc) is 2.71. The third-order valence-electron chi connectivity index (χ3n) is 4.41. The molecule has 0 fully saturated rings. The summed E-state index contributed by atoms with van der Waals surface area (Å²) in [6, 6.07) is 10.4. The first-order valence-corrected chi connectivity index (χ1v) is 10.5. The van der Waals surface area contributed by atoms with Crippen molar-refractivity contribution in [3.8, 4) is 11.5 Å². The number of carbonyl (C=O) groups excluding carboxylic acids is 1. The molecule has 31 heavy (non-hydrogen) atoms. The monoisotopic (exact) mass is 491 g/mol. The van der Waals surface area contributed by atoms with E-state index in [1.54, 1.807) is 6.07 Å². The fourth-order valence-corrected chi connectivity index (χ4v) is 3.16. The minimum atomic E-state index is -0.538. The minimum absolute atomic E-state index is 0.0520. The molecule has 0 saturated heterocycles. The first-order valence-electron chi connectivity index (χ1n) is 9.69. The molecule has 2 rings (SSSR count). The maximum absolute atomic E-state index is 11.9. The molecule has 0 aliphatic rings. The van der Waals surface area contributed by atoms with Crippen LogP contribution in [-0.2, 0) is 10.2 Å². The van der Waals surface area contributed by atoms with E-state index >= 15 is 0 Å². The van der Waals surface area contributed by atoms with E-state index in [0.29, 0.717) is 18.6 Å². The van der Waals surface area contributed by atoms with E-state index in [9.17, 15) is 14.9 Å². The molecule has 0 unspecified atom stereocenters. The summed E-state index contributed by atoms with van der Waals surface area (Å²) in [4.78, 5) is 22.4. The molecule has 9 heteroatoms. The van der Waals surface area contributed by atoms with Gasteiger partial charge in [-0.05, 0) is 57.6 Å². The first-order chi connectivity index (χ1) is 14.6. The summed E-state index contributed by atoms with van der Waals surface area (Å²) in [5.41, 5.74) is 3.96. The van der Waals surface area contributed by atoms with Crippen LogP contribution in [0, 0.1) is 10.1 Å². The predicted octanol–water partition coefficient (Wildman–Crippen LogP) is 4.97. The van der Waals surface area contributed by atoms with Gasteiger partial charge in [-0.3, -0.25) is 14.9 Å². The first kappa shape index (κ1) is 24.3. The lowest BCUT2D eigenvalue weighted by molar-refractivity contribution is -0.385. The van der Waals surface area contributed by atoms with Gasteiger partial charge in [0.2, 0.25) is 5.91 Å². The van der Waals surface area contributed by atoms with Gasteiger partial charge in [0, 0.05) is 18.1 Å². The Hall–Kier alpha value is -2.94. The van der Waals surface area contributed by atoms with E-state index < -0.39 is 4.92 Å². The molecule has 0 atom stereocenters. The van der Waals surface area contributed by atoms with Crippen LogP contribution in [0.1, 0.15) is 44.7 Å². The van der Waals surface area contributed by atoms with Gasteiger partial charge in [-0.25, -0.2) is 5.43 Å². The number of benzene rings is 2. The van der Waals surface area contributed by atoms with Crippen LogP contribution in [0.3, 0.4) is 0 Å². The molecule has 0 spiro atoms. The van der Waals surface area contributed by atoms with Gasteiger partial charge in [-0.2, -0.15) is 5.10 Å². The highest BCUT2D eigenvalue weighted by molar-refractivity contribution is 9.10. The van der Waals surface area contributed by atoms with Gasteiger partial charge in [-0.1, -0.05) is 26.8 Å². The van der Waals surface area contributed by atoms with Crippen molar-refractivity contribution < 1.29 is 19.2 Å². The summed E-state index contributed by atoms with van der Waals surface area (Å²) < 4.78 is 11.6. The molecule has 8 nitrogen and oxygen atoms in total. The lowest BCUT2D eigenvalue weighted by Gasteiger charge is -2.20. The Bertz CT molecular complexity index is 970. The molecule has 166 valence electrons. The van der Waals surface area contributed by atoms with E-state index in [4.69, 9.17) is 9.47 Å². The maximum atomic E-state index is 11.9. The quantitative estimate of drug-likeness (QED) is 0.230. The fraction of sp³-hybridized carbons (Fsp3) is 0.364. The number of halogens is 1. The van der Waals surface area contributed by atoms with E-state index in [1.165, 1.54) is 31.0 Å². The Morgan fingerprint density at radius 3 is 2.55 bits per heavy atom. The molecule has 0 heterocycles. The van der Waals surface area contributed by atoms with Crippen LogP contribution in [0.2, 0.25) is 0 Å². The number of hydrazone groups is 1. The molecule has 2 aromatic carbocycles. The highest BCUT2D eigenvalue weighted by Gasteiger charge is 2.16. The van der Waals surface area contributed by atoms with Crippen LogP contribution in [0.4, 0.5) is 5.69 Å². The van der Waals surface area contributed by atoms with Crippen molar-refractivity contribution in [3.63, 3.8) is 0 Å². The molecule has 1 amide bonds. The van der Waals surface area contributed by atoms with E-state index in [0.717, 1.165) is 10.2 Å². The number of hydrogen-bond donors (Lipinski definition) is 1. The number of hydrogen-bond acceptors (Lipinski definition) is 6. The van der Waals surface area contributed by atoms with Crippen molar-refractivity contribution in [2.45, 2.75) is 39.0 Å². The summed E-state index contributed by atoms with van der Waals surface area (Å²) >= 11 is 3.53. The van der Waals surface area contributed by atoms with Crippen molar-refractivity contribution in [1.82, 2.24) is 5.43 Å². The molecular formula is C22H26BrN3O5. The number of nitrogens with zero attached hydrogens (tertiary/aromatic N) is 2. The molecule has 0 bridgehead atoms. The third-order valence-corrected chi connectivity index (χ3v) is 5.03. The number of ether oxygens (including phenoxy) is 2. The average molecular weight is 492 g/mol. The summed E-state index contributed by atoms with van der Waals surface area (Å²) in [7, 11) is 1.36. The van der Waals surface area contributed by atoms with Crippen LogP contribution in [0.25, 0.3) is 0 Å². The number of carbonyl (C=O) groups is 1. The van der Waals surface area contributed by atoms with E-state index in [-0.39, 0.29) is 29.2 Å². The molecule has 0 aliphatic carbocycles. The lowest BCUT2D eigenvalue weighted by Crippen LogP contribution is -2.18. The molecule has 0 aromatic heterocycles. The van der Waals surface area contributed by atoms with Crippen LogP contribution >= 0.6 is 15.9 Å². The van der Waals surface area contributed by atoms with Crippen molar-refractivity contribution in [3.05, 3.63) is 62.1 Å². The zero-order chi connectivity index (χ0) is 23.0. The Kier molecular flexibility index (Phi) is 8.56. The van der Waals surface area contributed by atoms with Crippen LogP contribution in [0.5, 0.6) is 11.5 Å². The van der Waals surface area contributed by atoms with Gasteiger partial charge in [-0.15, -0.1) is 0 Å². The predicted molar refractivity (Wildman–Crippen MR) is 123 cm³/mol. The molecule has 1 N–H and O–H groups in total. The minimum Gasteiger partial charge on any atom is -0.492 e. The van der Waals surface area contributed by atoms with Crippen molar-refractivity contribution in [2.24, 2.45) is 5.10 Å². The zero-order valence-corrected chi connectivity index (χ0v) is 19.6. The second kappa shape index (κ2) is 10.9. The Labute approximate surface area is 189 Å². The number of methoxy groups -OCH3 is 1. The van der Waals surface area contributed by atoms with Crippen molar-refractivity contribution in [1.29, 1.82) is 0 Å². The number of rotatable bonds is 9. The largest absolute Gasteiger partial charge is 0.492 e. The fourth-order valence-electron chi connectivity index (χ4n) is 2.66. The SMILES string of the molecule is COc1ccc(/C=N/NC(=O)CCCOc2ccc(C(C)(C)C)cc2Br)cc1[N+](=O)[O-]. The van der Waals surface area contributed by atoms with Crippen LogP contribution < -0.4 is 14.9 Å². The smallest absolute Gasteiger partial charge is 0.311 e. The highest BCUT2D eigenvalue weighted by Crippen LogP contribution is 2.31. The van der Waals surface area contributed by atoms with Gasteiger partial charge < -0.3 is 9.47 Å². The number of nitro groups is 1. The highest BCUT2D eigenvalue weighted by atomic mass is 79.9. The summed E-state index contributed by atoms with van der Waals surface area (Å²) in [6.45, 7) is 6.82. The topological polar surface area (TPSA) is 103 Å². The second-order valence-electron chi connectivity index (χ2n) is 7.83. The molecule has 2 aromatic rings. The van der Waals surface area contributed by atoms with Gasteiger partial charge in [0.05, 0.1) is 29.3 Å². The number of amides is 1. The molecular weight excluding hydrogens is 466 g/mol. The summed E-state index contributed by atoms with van der Waals surface area (Å²) in [6.07, 6.45) is 2.09. The molecule has 0 aliphatic heterocycles. The second-order valence-corrected chi connectivity index (χ2v) is 8.68. The molecule has 0 saturated carbocycles. The number of nitro benzene ring substituents is 1. The number of nitrogens with one attached hydrogen (secondary N) is 1. The summed E-state index contributed by atoms with van der Waals surface area (Å²) in [5, 5.41) is 14.9. The molecule has 0 radical (unpaired) electrons. The Morgan fingerprint density at radius 2 is 1.94 bits per heavy atom. The zero-order valence-electron chi connectivity index (χ0n) is 18.0. The van der Waals surface area contributed by atoms with Gasteiger partial charge in [0.1, 0.15) is 5.75 Å². The van der Waals surface area contributed by atoms with Gasteiger partial charge in [0.15, 0.2) is 5.75 Å². The van der Waals surface area contributed by atoms with Crippen LogP contribution in [-0.4, -0.2) is 30.8 Å². The lowest BCUT2D eigenvalue weighted by atomic mass is 9.87. The third kappa shape index (κ3) is 7.36. The Balaban J connectivity index is 1.79. The van der Waals surface area contributed by atoms with Crippen molar-refractivity contribution >= 4 is 33.7 Å². The van der Waals surface area contributed by atoms with Gasteiger partial charge in [0.25, 0.3) is 0 Å². The standard InChI is InChI=1S/C22H26BrN3O5/c1-22(2,3)16-8-10-19(17(23)13-16)31-11-5-6-21(27)25-24-14-15-7-9-20(30-4)18(12-15)26(28)29/h7-10,12-14H,5-6,11H2,1-4H3,(H,25,27)/b24-14+. The summed E-state index contributed by atoms with van der Waals surface area (Å²) in [5.74, 6) is 0.614. The maximum Gasteiger partial charge on any atom is 0.311 e. The normalized spacial score (nSPS) is 11.4. The Morgan fingerprint density at radius 1 is 1.23 bits per heavy atom. The van der Waals surface area contributed by atoms with E-state index in [1.807, 2.05) is 18.2 Å². The van der Waals surface area contributed by atoms with E-state index in [2.05, 4.69) is 47.2 Å².